The maximum absolute atomic E-state index is 5.90. The lowest BCUT2D eigenvalue weighted by molar-refractivity contribution is 1.06. The summed E-state index contributed by atoms with van der Waals surface area (Å²) in [4.78, 5) is 4.45. The number of nitrogens with two attached hydrogens (primary N) is 1. The van der Waals surface area contributed by atoms with Crippen LogP contribution in [0.5, 0.6) is 0 Å². The van der Waals surface area contributed by atoms with Gasteiger partial charge < -0.3 is 5.73 Å². The van der Waals surface area contributed by atoms with Crippen molar-refractivity contribution in [2.24, 2.45) is 0 Å². The topological polar surface area (TPSA) is 38.9 Å². The zero-order chi connectivity index (χ0) is 10.1. The molecule has 2 aromatic rings. The SMILES string of the molecule is CCc1cc(N)c2ccc(Cl)cc2n1. The van der Waals surface area contributed by atoms with E-state index in [2.05, 4.69) is 11.9 Å². The highest BCUT2D eigenvalue weighted by atomic mass is 35.5. The molecular weight excluding hydrogens is 196 g/mol. The highest BCUT2D eigenvalue weighted by molar-refractivity contribution is 6.31. The van der Waals surface area contributed by atoms with Crippen molar-refractivity contribution in [3.63, 3.8) is 0 Å². The first kappa shape index (κ1) is 9.28. The first-order valence-corrected chi connectivity index (χ1v) is 4.93. The van der Waals surface area contributed by atoms with E-state index < -0.39 is 0 Å². The summed E-state index contributed by atoms with van der Waals surface area (Å²) in [5.41, 5.74) is 8.53. The zero-order valence-electron chi connectivity index (χ0n) is 7.92. The fourth-order valence-corrected chi connectivity index (χ4v) is 1.63. The third-order valence-electron chi connectivity index (χ3n) is 2.22. The molecule has 0 atom stereocenters. The molecule has 0 amide bonds. The van der Waals surface area contributed by atoms with Crippen molar-refractivity contribution >= 4 is 28.2 Å². The van der Waals surface area contributed by atoms with Crippen molar-refractivity contribution in [2.45, 2.75) is 13.3 Å². The Morgan fingerprint density at radius 3 is 2.86 bits per heavy atom. The number of fused-ring (bicyclic) bond motifs is 1. The Bertz CT molecular complexity index is 480. The zero-order valence-corrected chi connectivity index (χ0v) is 8.67. The van der Waals surface area contributed by atoms with Crippen molar-refractivity contribution in [3.05, 3.63) is 35.0 Å². The molecule has 0 saturated heterocycles. The second kappa shape index (κ2) is 3.46. The molecule has 0 saturated carbocycles. The molecule has 0 spiro atoms. The van der Waals surface area contributed by atoms with Crippen molar-refractivity contribution in [3.8, 4) is 0 Å². The van der Waals surface area contributed by atoms with Crippen LogP contribution in [-0.4, -0.2) is 4.98 Å². The van der Waals surface area contributed by atoms with E-state index in [0.29, 0.717) is 5.02 Å². The number of halogens is 1. The Morgan fingerprint density at radius 1 is 1.36 bits per heavy atom. The molecule has 0 radical (unpaired) electrons. The third-order valence-corrected chi connectivity index (χ3v) is 2.45. The summed E-state index contributed by atoms with van der Waals surface area (Å²) in [7, 11) is 0. The molecule has 0 aliphatic carbocycles. The van der Waals surface area contributed by atoms with Gasteiger partial charge in [0.2, 0.25) is 0 Å². The van der Waals surface area contributed by atoms with E-state index in [9.17, 15) is 0 Å². The first-order valence-electron chi connectivity index (χ1n) is 4.55. The van der Waals surface area contributed by atoms with Gasteiger partial charge in [-0.3, -0.25) is 4.98 Å². The standard InChI is InChI=1S/C11H11ClN2/c1-2-8-6-10(13)9-4-3-7(12)5-11(9)14-8/h3-6H,2H2,1H3,(H2,13,14). The number of hydrogen-bond acceptors (Lipinski definition) is 2. The minimum absolute atomic E-state index is 0.692. The molecule has 2 N–H and O–H groups in total. The van der Waals surface area contributed by atoms with Crippen LogP contribution in [0.3, 0.4) is 0 Å². The highest BCUT2D eigenvalue weighted by Crippen LogP contribution is 2.23. The van der Waals surface area contributed by atoms with E-state index in [-0.39, 0.29) is 0 Å². The molecule has 0 unspecified atom stereocenters. The summed E-state index contributed by atoms with van der Waals surface area (Å²) in [6.45, 7) is 2.05. The van der Waals surface area contributed by atoms with Crippen molar-refractivity contribution in [1.82, 2.24) is 4.98 Å². The highest BCUT2D eigenvalue weighted by Gasteiger charge is 2.02. The van der Waals surface area contributed by atoms with Gasteiger partial charge in [-0.25, -0.2) is 0 Å². The molecule has 1 aromatic carbocycles. The number of pyridine rings is 1. The number of aromatic nitrogens is 1. The predicted molar refractivity (Wildman–Crippen MR) is 60.5 cm³/mol. The molecule has 1 heterocycles. The van der Waals surface area contributed by atoms with Crippen LogP contribution in [0, 0.1) is 0 Å². The van der Waals surface area contributed by atoms with E-state index >= 15 is 0 Å². The molecule has 0 aliphatic heterocycles. The van der Waals surface area contributed by atoms with Gasteiger partial charge in [-0.1, -0.05) is 18.5 Å². The first-order chi connectivity index (χ1) is 6.70. The molecule has 1 aromatic heterocycles. The number of aryl methyl sites for hydroxylation is 1. The molecule has 72 valence electrons. The van der Waals surface area contributed by atoms with Gasteiger partial charge in [-0.2, -0.15) is 0 Å². The summed E-state index contributed by atoms with van der Waals surface area (Å²) in [5.74, 6) is 0. The average molecular weight is 207 g/mol. The molecule has 3 heteroatoms. The predicted octanol–water partition coefficient (Wildman–Crippen LogP) is 3.03. The van der Waals surface area contributed by atoms with Crippen molar-refractivity contribution in [1.29, 1.82) is 0 Å². The third kappa shape index (κ3) is 1.53. The lowest BCUT2D eigenvalue weighted by Crippen LogP contribution is -1.94. The van der Waals surface area contributed by atoms with E-state index in [1.807, 2.05) is 24.3 Å². The quantitative estimate of drug-likeness (QED) is 0.779. The van der Waals surface area contributed by atoms with Gasteiger partial charge in [0.25, 0.3) is 0 Å². The van der Waals surface area contributed by atoms with Crippen molar-refractivity contribution in [2.75, 3.05) is 5.73 Å². The summed E-state index contributed by atoms with van der Waals surface area (Å²) in [6, 6.07) is 7.48. The van der Waals surface area contributed by atoms with Crippen LogP contribution in [-0.2, 0) is 6.42 Å². The van der Waals surface area contributed by atoms with E-state index in [1.165, 1.54) is 0 Å². The summed E-state index contributed by atoms with van der Waals surface area (Å²) >= 11 is 5.89. The average Bonchev–Trinajstić information content (AvgIpc) is 2.16. The van der Waals surface area contributed by atoms with Gasteiger partial charge in [0, 0.05) is 21.8 Å². The number of hydrogen-bond donors (Lipinski definition) is 1. The van der Waals surface area contributed by atoms with Crippen LogP contribution < -0.4 is 5.73 Å². The lowest BCUT2D eigenvalue weighted by Gasteiger charge is -2.04. The van der Waals surface area contributed by atoms with E-state index in [0.717, 1.165) is 28.7 Å². The smallest absolute Gasteiger partial charge is 0.0740 e. The molecule has 2 nitrogen and oxygen atoms in total. The monoisotopic (exact) mass is 206 g/mol. The largest absolute Gasteiger partial charge is 0.398 e. The Morgan fingerprint density at radius 2 is 2.14 bits per heavy atom. The van der Waals surface area contributed by atoms with Gasteiger partial charge in [0.05, 0.1) is 5.52 Å². The van der Waals surface area contributed by atoms with Gasteiger partial charge in [0.1, 0.15) is 0 Å². The van der Waals surface area contributed by atoms with Crippen LogP contribution in [0.25, 0.3) is 10.9 Å². The Kier molecular flexibility index (Phi) is 2.30. The molecule has 0 fully saturated rings. The normalized spacial score (nSPS) is 10.7. The summed E-state index contributed by atoms with van der Waals surface area (Å²) in [6.07, 6.45) is 0.882. The minimum Gasteiger partial charge on any atom is -0.398 e. The second-order valence-electron chi connectivity index (χ2n) is 3.22. The number of anilines is 1. The van der Waals surface area contributed by atoms with Gasteiger partial charge >= 0.3 is 0 Å². The maximum atomic E-state index is 5.90. The molecule has 14 heavy (non-hydrogen) atoms. The summed E-state index contributed by atoms with van der Waals surface area (Å²) in [5, 5.41) is 1.66. The van der Waals surface area contributed by atoms with Gasteiger partial charge in [-0.15, -0.1) is 0 Å². The minimum atomic E-state index is 0.692. The van der Waals surface area contributed by atoms with Crippen LogP contribution >= 0.6 is 11.6 Å². The van der Waals surface area contributed by atoms with Crippen molar-refractivity contribution < 1.29 is 0 Å². The number of nitrogen functional groups attached to an aromatic ring is 1. The fourth-order valence-electron chi connectivity index (χ4n) is 1.47. The Labute approximate surface area is 87.7 Å². The molecule has 0 bridgehead atoms. The van der Waals surface area contributed by atoms with Crippen LogP contribution in [0.15, 0.2) is 24.3 Å². The van der Waals surface area contributed by atoms with E-state index in [1.54, 1.807) is 0 Å². The Balaban J connectivity index is 2.77. The van der Waals surface area contributed by atoms with Gasteiger partial charge in [-0.05, 0) is 30.7 Å². The molecule has 2 rings (SSSR count). The number of rotatable bonds is 1. The molecular formula is C11H11ClN2. The van der Waals surface area contributed by atoms with Crippen LogP contribution in [0.2, 0.25) is 5.02 Å². The second-order valence-corrected chi connectivity index (χ2v) is 3.65. The molecule has 0 aliphatic rings. The van der Waals surface area contributed by atoms with E-state index in [4.69, 9.17) is 17.3 Å². The lowest BCUT2D eigenvalue weighted by atomic mass is 10.1. The van der Waals surface area contributed by atoms with Crippen LogP contribution in [0.1, 0.15) is 12.6 Å². The van der Waals surface area contributed by atoms with Gasteiger partial charge in [0.15, 0.2) is 0 Å². The fraction of sp³-hybridized carbons (Fsp3) is 0.182. The maximum Gasteiger partial charge on any atom is 0.0740 e. The number of benzene rings is 1. The summed E-state index contributed by atoms with van der Waals surface area (Å²) < 4.78 is 0. The number of nitrogens with zero attached hydrogens (tertiary/aromatic N) is 1. The van der Waals surface area contributed by atoms with Crippen LogP contribution in [0.4, 0.5) is 5.69 Å². The Hall–Kier alpha value is -1.28.